The molecule has 6 nitrogen and oxygen atoms in total. The number of H-pyrrole nitrogens is 1. The molecule has 1 aliphatic rings. The van der Waals surface area contributed by atoms with Crippen LogP contribution in [-0.2, 0) is 17.7 Å². The number of carbonyl (C=O) groups is 2. The van der Waals surface area contributed by atoms with Gasteiger partial charge in [0.1, 0.15) is 5.69 Å². The van der Waals surface area contributed by atoms with Crippen molar-refractivity contribution in [3.63, 3.8) is 0 Å². The van der Waals surface area contributed by atoms with Gasteiger partial charge in [-0.15, -0.1) is 0 Å². The highest BCUT2D eigenvalue weighted by molar-refractivity contribution is 6.00. The third-order valence-electron chi connectivity index (χ3n) is 5.15. The number of para-hydroxylation sites is 1. The lowest BCUT2D eigenvalue weighted by molar-refractivity contribution is 0.0599. The van der Waals surface area contributed by atoms with E-state index in [1.54, 1.807) is 0 Å². The first-order valence-electron chi connectivity index (χ1n) is 9.36. The number of ether oxygens (including phenoxy) is 1. The van der Waals surface area contributed by atoms with E-state index in [0.717, 1.165) is 29.8 Å². The molecule has 2 aromatic rings. The molecular weight excluding hydrogens is 342 g/mol. The van der Waals surface area contributed by atoms with Crippen molar-refractivity contribution in [3.05, 3.63) is 52.3 Å². The second kappa shape index (κ2) is 7.86. The van der Waals surface area contributed by atoms with Crippen LogP contribution in [0.1, 0.15) is 51.0 Å². The van der Waals surface area contributed by atoms with Crippen LogP contribution in [-0.4, -0.2) is 49.0 Å². The fourth-order valence-electron chi connectivity index (χ4n) is 3.76. The maximum Gasteiger partial charge on any atom is 0.339 e. The predicted molar refractivity (Wildman–Crippen MR) is 105 cm³/mol. The molecule has 0 fully saturated rings. The zero-order chi connectivity index (χ0) is 19.6. The van der Waals surface area contributed by atoms with Gasteiger partial charge in [-0.2, -0.15) is 0 Å². The summed E-state index contributed by atoms with van der Waals surface area (Å²) in [5, 5.41) is 0. The number of likely N-dealkylation sites (N-methyl/N-ethyl adjacent to an activating group) is 1. The summed E-state index contributed by atoms with van der Waals surface area (Å²) < 4.78 is 4.93. The van der Waals surface area contributed by atoms with Crippen molar-refractivity contribution in [2.75, 3.05) is 32.1 Å². The van der Waals surface area contributed by atoms with Crippen molar-refractivity contribution in [1.29, 1.82) is 0 Å². The first kappa shape index (κ1) is 19.0. The maximum absolute atomic E-state index is 13.4. The van der Waals surface area contributed by atoms with Gasteiger partial charge in [-0.3, -0.25) is 4.79 Å². The molecule has 0 saturated carbocycles. The fourth-order valence-corrected chi connectivity index (χ4v) is 3.76. The molecule has 0 saturated heterocycles. The SMILES string of the molecule is CCCc1c(C(=O)N2CCN(C)c3ccccc3C2)[nH]c(C)c1C(=O)OC. The number of benzene rings is 1. The number of anilines is 1. The van der Waals surface area contributed by atoms with Gasteiger partial charge in [-0.25, -0.2) is 4.79 Å². The van der Waals surface area contributed by atoms with Gasteiger partial charge in [0.15, 0.2) is 0 Å². The van der Waals surface area contributed by atoms with Crippen LogP contribution in [0.5, 0.6) is 0 Å². The summed E-state index contributed by atoms with van der Waals surface area (Å²) in [7, 11) is 3.41. The molecule has 144 valence electrons. The van der Waals surface area contributed by atoms with Gasteiger partial charge < -0.3 is 19.5 Å². The first-order valence-corrected chi connectivity index (χ1v) is 9.36. The Bertz CT molecular complexity index is 856. The van der Waals surface area contributed by atoms with Gasteiger partial charge in [0.05, 0.1) is 12.7 Å². The van der Waals surface area contributed by atoms with Crippen molar-refractivity contribution in [2.24, 2.45) is 0 Å². The normalized spacial score (nSPS) is 13.9. The molecule has 1 aromatic carbocycles. The number of hydrogen-bond donors (Lipinski definition) is 1. The van der Waals surface area contributed by atoms with Crippen LogP contribution in [0.15, 0.2) is 24.3 Å². The Hall–Kier alpha value is -2.76. The third-order valence-corrected chi connectivity index (χ3v) is 5.15. The lowest BCUT2D eigenvalue weighted by Crippen LogP contribution is -2.35. The Labute approximate surface area is 160 Å². The van der Waals surface area contributed by atoms with E-state index < -0.39 is 5.97 Å². The topological polar surface area (TPSA) is 65.6 Å². The summed E-state index contributed by atoms with van der Waals surface area (Å²) in [4.78, 5) is 32.8. The Morgan fingerprint density at radius 3 is 2.67 bits per heavy atom. The maximum atomic E-state index is 13.4. The van der Waals surface area contributed by atoms with Crippen molar-refractivity contribution in [2.45, 2.75) is 33.2 Å². The molecule has 1 amide bonds. The summed E-state index contributed by atoms with van der Waals surface area (Å²) in [5.74, 6) is -0.464. The molecule has 6 heteroatoms. The molecule has 1 N–H and O–H groups in total. The van der Waals surface area contributed by atoms with Crippen LogP contribution in [0.4, 0.5) is 5.69 Å². The number of nitrogens with zero attached hydrogens (tertiary/aromatic N) is 2. The fraction of sp³-hybridized carbons (Fsp3) is 0.429. The van der Waals surface area contributed by atoms with E-state index in [9.17, 15) is 9.59 Å². The van der Waals surface area contributed by atoms with Crippen LogP contribution in [0, 0.1) is 6.92 Å². The molecule has 0 bridgehead atoms. The summed E-state index contributed by atoms with van der Waals surface area (Å²) in [5.41, 5.74) is 4.73. The Balaban J connectivity index is 1.97. The Morgan fingerprint density at radius 1 is 1.22 bits per heavy atom. The number of nitrogens with one attached hydrogen (secondary N) is 1. The van der Waals surface area contributed by atoms with Gasteiger partial charge in [-0.1, -0.05) is 31.5 Å². The third kappa shape index (κ3) is 3.56. The number of esters is 1. The molecule has 2 heterocycles. The predicted octanol–water partition coefficient (Wildman–Crippen LogP) is 3.15. The molecule has 0 radical (unpaired) electrons. The summed E-state index contributed by atoms with van der Waals surface area (Å²) in [6.07, 6.45) is 1.49. The van der Waals surface area contributed by atoms with Crippen LogP contribution >= 0.6 is 0 Å². The number of rotatable bonds is 4. The Kier molecular flexibility index (Phi) is 5.54. The first-order chi connectivity index (χ1) is 13.0. The van der Waals surface area contributed by atoms with Crippen LogP contribution in [0.25, 0.3) is 0 Å². The van der Waals surface area contributed by atoms with E-state index in [0.29, 0.717) is 36.5 Å². The number of amides is 1. The second-order valence-electron chi connectivity index (χ2n) is 7.00. The summed E-state index contributed by atoms with van der Waals surface area (Å²) in [6.45, 7) is 5.79. The van der Waals surface area contributed by atoms with E-state index in [2.05, 4.69) is 22.0 Å². The minimum Gasteiger partial charge on any atom is -0.465 e. The standard InChI is InChI=1S/C21H27N3O3/c1-5-8-16-18(21(26)27-4)14(2)22-19(16)20(25)24-12-11-23(3)17-10-7-6-9-15(17)13-24/h6-7,9-10,22H,5,8,11-13H2,1-4H3. The number of aromatic nitrogens is 1. The lowest BCUT2D eigenvalue weighted by Gasteiger charge is -2.21. The van der Waals surface area contributed by atoms with Gasteiger partial charge in [0.25, 0.3) is 5.91 Å². The molecule has 1 aromatic heterocycles. The van der Waals surface area contributed by atoms with E-state index in [-0.39, 0.29) is 5.91 Å². The van der Waals surface area contributed by atoms with Crippen molar-refractivity contribution >= 4 is 17.6 Å². The molecule has 0 spiro atoms. The molecule has 0 unspecified atom stereocenters. The van der Waals surface area contributed by atoms with Gasteiger partial charge in [-0.05, 0) is 30.5 Å². The monoisotopic (exact) mass is 369 g/mol. The lowest BCUT2D eigenvalue weighted by atomic mass is 10.0. The van der Waals surface area contributed by atoms with Crippen molar-refractivity contribution in [3.8, 4) is 0 Å². The summed E-state index contributed by atoms with van der Waals surface area (Å²) in [6, 6.07) is 8.16. The molecular formula is C21H27N3O3. The van der Waals surface area contributed by atoms with Crippen molar-refractivity contribution in [1.82, 2.24) is 9.88 Å². The van der Waals surface area contributed by atoms with Gasteiger partial charge >= 0.3 is 5.97 Å². The number of carbonyl (C=O) groups excluding carboxylic acids is 2. The van der Waals surface area contributed by atoms with Crippen LogP contribution in [0.3, 0.4) is 0 Å². The zero-order valence-electron chi connectivity index (χ0n) is 16.5. The summed E-state index contributed by atoms with van der Waals surface area (Å²) >= 11 is 0. The largest absolute Gasteiger partial charge is 0.465 e. The smallest absolute Gasteiger partial charge is 0.339 e. The van der Waals surface area contributed by atoms with Crippen LogP contribution < -0.4 is 4.90 Å². The minimum absolute atomic E-state index is 0.0678. The Morgan fingerprint density at radius 2 is 1.96 bits per heavy atom. The quantitative estimate of drug-likeness (QED) is 0.841. The average molecular weight is 369 g/mol. The number of hydrogen-bond acceptors (Lipinski definition) is 4. The minimum atomic E-state index is -0.396. The highest BCUT2D eigenvalue weighted by atomic mass is 16.5. The van der Waals surface area contributed by atoms with Gasteiger partial charge in [0.2, 0.25) is 0 Å². The van der Waals surface area contributed by atoms with Crippen molar-refractivity contribution < 1.29 is 14.3 Å². The molecule has 3 rings (SSSR count). The molecule has 0 aliphatic carbocycles. The van der Waals surface area contributed by atoms with E-state index in [4.69, 9.17) is 4.74 Å². The molecule has 0 atom stereocenters. The van der Waals surface area contributed by atoms with Gasteiger partial charge in [0, 0.05) is 38.1 Å². The zero-order valence-corrected chi connectivity index (χ0v) is 16.5. The number of fused-ring (bicyclic) bond motifs is 1. The molecule has 27 heavy (non-hydrogen) atoms. The highest BCUT2D eigenvalue weighted by Gasteiger charge is 2.29. The number of aromatic amines is 1. The number of methoxy groups -OCH3 is 1. The average Bonchev–Trinajstić information content (AvgIpc) is 2.89. The number of aryl methyl sites for hydroxylation is 1. The second-order valence-corrected chi connectivity index (χ2v) is 7.00. The van der Waals surface area contributed by atoms with Crippen LogP contribution in [0.2, 0.25) is 0 Å². The van der Waals surface area contributed by atoms with E-state index in [1.165, 1.54) is 7.11 Å². The molecule has 1 aliphatic heterocycles. The highest BCUT2D eigenvalue weighted by Crippen LogP contribution is 2.27. The van der Waals surface area contributed by atoms with E-state index in [1.807, 2.05) is 37.9 Å². The van der Waals surface area contributed by atoms with E-state index >= 15 is 0 Å².